The minimum atomic E-state index is -1.23. The van der Waals surface area contributed by atoms with Gasteiger partial charge in [-0.1, -0.05) is 76.3 Å². The molecule has 4 rings (SSSR count). The van der Waals surface area contributed by atoms with Crippen molar-refractivity contribution in [1.82, 2.24) is 30.0 Å². The van der Waals surface area contributed by atoms with Crippen LogP contribution in [-0.4, -0.2) is 123 Å². The summed E-state index contributed by atoms with van der Waals surface area (Å²) in [5.41, 5.74) is 1.45. The Morgan fingerprint density at radius 1 is 1.04 bits per heavy atom. The van der Waals surface area contributed by atoms with Crippen molar-refractivity contribution >= 4 is 35.6 Å². The number of H-pyrrole nitrogens is 1. The number of aliphatic hydroxyl groups is 1. The van der Waals surface area contributed by atoms with E-state index in [-0.39, 0.29) is 37.6 Å². The summed E-state index contributed by atoms with van der Waals surface area (Å²) in [7, 11) is 3.11. The van der Waals surface area contributed by atoms with Crippen molar-refractivity contribution in [3.63, 3.8) is 0 Å². The van der Waals surface area contributed by atoms with E-state index in [9.17, 15) is 24.3 Å². The van der Waals surface area contributed by atoms with Crippen molar-refractivity contribution < 1.29 is 29.0 Å². The fourth-order valence-electron chi connectivity index (χ4n) is 7.01. The highest BCUT2D eigenvalue weighted by atomic mass is 32.2. The topological polar surface area (TPSA) is 148 Å². The van der Waals surface area contributed by atoms with E-state index in [2.05, 4.69) is 29.1 Å². The number of carbonyl (C=O) groups excluding carboxylic acids is 4. The lowest BCUT2D eigenvalue weighted by Gasteiger charge is -2.34. The lowest BCUT2D eigenvalue weighted by Crippen LogP contribution is -2.56. The van der Waals surface area contributed by atoms with Crippen LogP contribution in [0.3, 0.4) is 0 Å². The van der Waals surface area contributed by atoms with Gasteiger partial charge in [-0.3, -0.25) is 14.4 Å². The summed E-state index contributed by atoms with van der Waals surface area (Å²) in [6.07, 6.45) is 8.63. The number of aromatic nitrogens is 2. The predicted octanol–water partition coefficient (Wildman–Crippen LogP) is 4.68. The van der Waals surface area contributed by atoms with Crippen LogP contribution < -0.4 is 5.32 Å². The van der Waals surface area contributed by atoms with E-state index < -0.39 is 36.3 Å². The zero-order valence-corrected chi connectivity index (χ0v) is 32.3. The van der Waals surface area contributed by atoms with Gasteiger partial charge in [0.1, 0.15) is 6.04 Å². The van der Waals surface area contributed by atoms with Crippen molar-refractivity contribution in [1.29, 1.82) is 0 Å². The van der Waals surface area contributed by atoms with Crippen molar-refractivity contribution in [2.45, 2.75) is 109 Å². The maximum atomic E-state index is 14.4. The van der Waals surface area contributed by atoms with E-state index in [1.807, 2.05) is 47.0 Å². The number of aliphatic hydroxyl groups excluding tert-OH is 1. The number of hydrogen-bond acceptors (Lipinski definition) is 8. The standard InChI is InChI=1S/C39H60N6O6S/c1-28(2)15-16-34(46)32(23-29-11-7-5-8-12-29)42-37(48)33(25-31-26-40-27-41-31)44(4)38(49)35(24-30-13-9-6-10-14-30)51-39(50)43(3)18-17-36(47)45-19-21-52-22-20-45/h6,9-10,13-14,26-29,32-35,46H,5,7-8,11-12,15-25H2,1-4H3,(H,40,41)(H,42,48)/t32-,33-,34-,35-/m0/s1. The Hall–Kier alpha value is -3.58. The van der Waals surface area contributed by atoms with Gasteiger partial charge in [-0.15, -0.1) is 0 Å². The van der Waals surface area contributed by atoms with E-state index in [0.717, 1.165) is 49.2 Å². The van der Waals surface area contributed by atoms with Crippen LogP contribution in [-0.2, 0) is 32.0 Å². The van der Waals surface area contributed by atoms with Crippen LogP contribution in [0.25, 0.3) is 0 Å². The molecule has 1 aliphatic carbocycles. The molecule has 1 aliphatic heterocycles. The van der Waals surface area contributed by atoms with Crippen LogP contribution in [0, 0.1) is 11.8 Å². The molecule has 0 spiro atoms. The number of amides is 4. The number of rotatable bonds is 18. The van der Waals surface area contributed by atoms with Crippen molar-refractivity contribution in [3.8, 4) is 0 Å². The van der Waals surface area contributed by atoms with Crippen LogP contribution in [0.15, 0.2) is 42.9 Å². The van der Waals surface area contributed by atoms with Crippen LogP contribution in [0.4, 0.5) is 4.79 Å². The molecule has 2 aliphatic rings. The fourth-order valence-corrected chi connectivity index (χ4v) is 7.92. The minimum Gasteiger partial charge on any atom is -0.436 e. The average molecular weight is 741 g/mol. The lowest BCUT2D eigenvalue weighted by molar-refractivity contribution is -0.146. The average Bonchev–Trinajstić information content (AvgIpc) is 3.68. The zero-order chi connectivity index (χ0) is 37.5. The second kappa shape index (κ2) is 21.2. The van der Waals surface area contributed by atoms with Crippen LogP contribution in [0.5, 0.6) is 0 Å². The van der Waals surface area contributed by atoms with Crippen molar-refractivity contribution in [2.75, 3.05) is 45.2 Å². The Balaban J connectivity index is 1.51. The largest absolute Gasteiger partial charge is 0.436 e. The van der Waals surface area contributed by atoms with Gasteiger partial charge in [0.05, 0.1) is 18.5 Å². The number of carbonyl (C=O) groups is 4. The van der Waals surface area contributed by atoms with Crippen molar-refractivity contribution in [2.24, 2.45) is 11.8 Å². The maximum absolute atomic E-state index is 14.4. The second-order valence-electron chi connectivity index (χ2n) is 14.9. The Bertz CT molecular complexity index is 1380. The van der Waals surface area contributed by atoms with Gasteiger partial charge in [0.2, 0.25) is 11.8 Å². The smallest absolute Gasteiger partial charge is 0.410 e. The number of likely N-dealkylation sites (N-methyl/N-ethyl adjacent to an activating group) is 1. The first-order chi connectivity index (χ1) is 25.0. The molecule has 0 unspecified atom stereocenters. The molecule has 1 aromatic heterocycles. The Kier molecular flexibility index (Phi) is 16.8. The summed E-state index contributed by atoms with van der Waals surface area (Å²) in [5.74, 6) is 1.71. The van der Waals surface area contributed by atoms with Gasteiger partial charge in [-0.05, 0) is 36.7 Å². The molecule has 0 radical (unpaired) electrons. The van der Waals surface area contributed by atoms with Gasteiger partial charge in [0.25, 0.3) is 5.91 Å². The molecule has 1 aromatic carbocycles. The quantitative estimate of drug-likeness (QED) is 0.200. The first-order valence-corrected chi connectivity index (χ1v) is 20.2. The molecule has 13 heteroatoms. The van der Waals surface area contributed by atoms with Crippen LogP contribution >= 0.6 is 11.8 Å². The zero-order valence-electron chi connectivity index (χ0n) is 31.5. The molecule has 1 saturated carbocycles. The van der Waals surface area contributed by atoms with E-state index in [1.165, 1.54) is 22.5 Å². The fraction of sp³-hybridized carbons (Fsp3) is 0.667. The van der Waals surface area contributed by atoms with Crippen LogP contribution in [0.1, 0.15) is 82.9 Å². The van der Waals surface area contributed by atoms with Gasteiger partial charge in [0, 0.05) is 76.4 Å². The van der Waals surface area contributed by atoms with E-state index >= 15 is 0 Å². The Labute approximate surface area is 313 Å². The highest BCUT2D eigenvalue weighted by Gasteiger charge is 2.36. The van der Waals surface area contributed by atoms with E-state index in [0.29, 0.717) is 43.5 Å². The third-order valence-corrected chi connectivity index (χ3v) is 11.3. The number of aromatic amines is 1. The molecule has 4 atom stereocenters. The number of nitrogens with one attached hydrogen (secondary N) is 2. The van der Waals surface area contributed by atoms with E-state index in [1.54, 1.807) is 20.3 Å². The summed E-state index contributed by atoms with van der Waals surface area (Å²) in [6.45, 7) is 5.78. The summed E-state index contributed by atoms with van der Waals surface area (Å²) in [4.78, 5) is 66.5. The number of benzene rings is 1. The third kappa shape index (κ3) is 13.1. The second-order valence-corrected chi connectivity index (χ2v) is 16.1. The lowest BCUT2D eigenvalue weighted by atomic mass is 9.83. The first kappa shape index (κ1) is 41.2. The highest BCUT2D eigenvalue weighted by Crippen LogP contribution is 2.29. The number of hydrogen-bond donors (Lipinski definition) is 3. The molecular formula is C39H60N6O6S. The van der Waals surface area contributed by atoms with Gasteiger partial charge >= 0.3 is 6.09 Å². The summed E-state index contributed by atoms with van der Waals surface area (Å²) in [6, 6.07) is 7.85. The SMILES string of the molecule is CC(C)CC[C@H](O)[C@H](CC1CCCCC1)NC(=O)[C@H](Cc1cnc[nH]1)N(C)C(=O)[C@H](Cc1ccccc1)OC(=O)N(C)CCC(=O)N1CCSCC1. The first-order valence-electron chi connectivity index (χ1n) is 19.0. The molecule has 52 heavy (non-hydrogen) atoms. The maximum Gasteiger partial charge on any atom is 0.410 e. The molecule has 288 valence electrons. The Morgan fingerprint density at radius 2 is 1.75 bits per heavy atom. The monoisotopic (exact) mass is 740 g/mol. The molecule has 2 aromatic rings. The van der Waals surface area contributed by atoms with Crippen LogP contribution in [0.2, 0.25) is 0 Å². The van der Waals surface area contributed by atoms with Gasteiger partial charge in [-0.25, -0.2) is 9.78 Å². The summed E-state index contributed by atoms with van der Waals surface area (Å²) < 4.78 is 5.89. The number of ether oxygens (including phenoxy) is 1. The molecule has 2 heterocycles. The highest BCUT2D eigenvalue weighted by molar-refractivity contribution is 7.99. The molecule has 12 nitrogen and oxygen atoms in total. The number of nitrogens with zero attached hydrogens (tertiary/aromatic N) is 4. The van der Waals surface area contributed by atoms with E-state index in [4.69, 9.17) is 4.74 Å². The predicted molar refractivity (Wildman–Crippen MR) is 204 cm³/mol. The summed E-state index contributed by atoms with van der Waals surface area (Å²) in [5, 5.41) is 14.5. The molecule has 4 amide bonds. The van der Waals surface area contributed by atoms with Gasteiger partial charge < -0.3 is 34.8 Å². The van der Waals surface area contributed by atoms with Gasteiger partial charge in [0.15, 0.2) is 6.10 Å². The summed E-state index contributed by atoms with van der Waals surface area (Å²) >= 11 is 1.82. The Morgan fingerprint density at radius 3 is 2.40 bits per heavy atom. The van der Waals surface area contributed by atoms with Crippen molar-refractivity contribution in [3.05, 3.63) is 54.1 Å². The normalized spacial score (nSPS) is 17.5. The number of thioether (sulfide) groups is 1. The molecular weight excluding hydrogens is 681 g/mol. The van der Waals surface area contributed by atoms with Gasteiger partial charge in [-0.2, -0.15) is 11.8 Å². The molecule has 0 bridgehead atoms. The minimum absolute atomic E-state index is 0.0135. The molecule has 3 N–H and O–H groups in total. The molecule has 1 saturated heterocycles. The third-order valence-electron chi connectivity index (χ3n) is 10.3. The molecule has 2 fully saturated rings. The number of imidazole rings is 1.